The SMILES string of the molecule is CCC[C@](O)(CCc1ccccc1)CC(=O)CC(=O)OCC. The van der Waals surface area contributed by atoms with Crippen LogP contribution in [0.25, 0.3) is 0 Å². The molecule has 1 N–H and O–H groups in total. The average molecular weight is 306 g/mol. The predicted molar refractivity (Wildman–Crippen MR) is 85.5 cm³/mol. The van der Waals surface area contributed by atoms with Crippen molar-refractivity contribution in [3.8, 4) is 0 Å². The van der Waals surface area contributed by atoms with Crippen molar-refractivity contribution in [3.05, 3.63) is 35.9 Å². The van der Waals surface area contributed by atoms with Crippen molar-refractivity contribution in [2.45, 2.75) is 58.0 Å². The molecule has 0 spiro atoms. The lowest BCUT2D eigenvalue weighted by Gasteiger charge is -2.27. The fourth-order valence-corrected chi connectivity index (χ4v) is 2.59. The highest BCUT2D eigenvalue weighted by atomic mass is 16.5. The third-order valence-corrected chi connectivity index (χ3v) is 3.61. The Hall–Kier alpha value is -1.68. The highest BCUT2D eigenvalue weighted by molar-refractivity contribution is 5.95. The number of benzene rings is 1. The van der Waals surface area contributed by atoms with Crippen molar-refractivity contribution in [1.29, 1.82) is 0 Å². The van der Waals surface area contributed by atoms with Gasteiger partial charge in [-0.25, -0.2) is 0 Å². The molecule has 0 saturated heterocycles. The van der Waals surface area contributed by atoms with E-state index in [1.165, 1.54) is 0 Å². The molecular weight excluding hydrogens is 280 g/mol. The van der Waals surface area contributed by atoms with Gasteiger partial charge in [-0.05, 0) is 31.7 Å². The summed E-state index contributed by atoms with van der Waals surface area (Å²) in [5, 5.41) is 10.7. The molecule has 0 bridgehead atoms. The Morgan fingerprint density at radius 2 is 1.82 bits per heavy atom. The van der Waals surface area contributed by atoms with Gasteiger partial charge in [-0.1, -0.05) is 43.7 Å². The second kappa shape index (κ2) is 9.36. The summed E-state index contributed by atoms with van der Waals surface area (Å²) in [5.74, 6) is -0.781. The van der Waals surface area contributed by atoms with E-state index in [4.69, 9.17) is 4.74 Å². The van der Waals surface area contributed by atoms with Crippen LogP contribution in [0.1, 0.15) is 51.5 Å². The van der Waals surface area contributed by atoms with Crippen LogP contribution < -0.4 is 0 Å². The van der Waals surface area contributed by atoms with Gasteiger partial charge in [-0.2, -0.15) is 0 Å². The quantitative estimate of drug-likeness (QED) is 0.533. The van der Waals surface area contributed by atoms with Gasteiger partial charge in [0.1, 0.15) is 12.2 Å². The standard InChI is InChI=1S/C18H26O4/c1-3-11-18(21,12-10-15-8-6-5-7-9-15)14-16(19)13-17(20)22-4-2/h5-9,21H,3-4,10-14H2,1-2H3/t18-/m0/s1. The van der Waals surface area contributed by atoms with Gasteiger partial charge in [0, 0.05) is 6.42 Å². The maximum atomic E-state index is 12.0. The van der Waals surface area contributed by atoms with Crippen LogP contribution in [0.4, 0.5) is 0 Å². The summed E-state index contributed by atoms with van der Waals surface area (Å²) in [7, 11) is 0. The Balaban J connectivity index is 2.57. The molecule has 1 aromatic carbocycles. The zero-order valence-corrected chi connectivity index (χ0v) is 13.5. The molecule has 22 heavy (non-hydrogen) atoms. The van der Waals surface area contributed by atoms with E-state index in [0.717, 1.165) is 12.0 Å². The molecule has 1 aromatic rings. The molecule has 0 aliphatic rings. The molecule has 0 aliphatic heterocycles. The molecule has 4 nitrogen and oxygen atoms in total. The van der Waals surface area contributed by atoms with Crippen molar-refractivity contribution in [2.24, 2.45) is 0 Å². The number of ether oxygens (including phenoxy) is 1. The van der Waals surface area contributed by atoms with Gasteiger partial charge in [-0.3, -0.25) is 9.59 Å². The predicted octanol–water partition coefficient (Wildman–Crippen LogP) is 3.06. The maximum Gasteiger partial charge on any atom is 0.313 e. The summed E-state index contributed by atoms with van der Waals surface area (Å²) in [6.45, 7) is 3.94. The Morgan fingerprint density at radius 1 is 1.14 bits per heavy atom. The number of aryl methyl sites for hydroxylation is 1. The Kier molecular flexibility index (Phi) is 7.82. The highest BCUT2D eigenvalue weighted by Crippen LogP contribution is 2.25. The van der Waals surface area contributed by atoms with Gasteiger partial charge in [0.2, 0.25) is 0 Å². The summed E-state index contributed by atoms with van der Waals surface area (Å²) >= 11 is 0. The van der Waals surface area contributed by atoms with Gasteiger partial charge >= 0.3 is 5.97 Å². The second-order valence-corrected chi connectivity index (χ2v) is 5.66. The molecule has 0 saturated carbocycles. The lowest BCUT2D eigenvalue weighted by Crippen LogP contribution is -2.33. The van der Waals surface area contributed by atoms with Gasteiger partial charge in [-0.15, -0.1) is 0 Å². The van der Waals surface area contributed by atoms with Crippen molar-refractivity contribution >= 4 is 11.8 Å². The molecule has 0 unspecified atom stereocenters. The third-order valence-electron chi connectivity index (χ3n) is 3.61. The molecule has 122 valence electrons. The minimum absolute atomic E-state index is 0.00644. The monoisotopic (exact) mass is 306 g/mol. The number of ketones is 1. The first-order valence-electron chi connectivity index (χ1n) is 7.92. The van der Waals surface area contributed by atoms with E-state index in [-0.39, 0.29) is 25.2 Å². The third kappa shape index (κ3) is 6.85. The van der Waals surface area contributed by atoms with Crippen LogP contribution in [0.15, 0.2) is 30.3 Å². The fraction of sp³-hybridized carbons (Fsp3) is 0.556. The zero-order valence-electron chi connectivity index (χ0n) is 13.5. The number of rotatable bonds is 10. The number of carbonyl (C=O) groups excluding carboxylic acids is 2. The topological polar surface area (TPSA) is 63.6 Å². The number of esters is 1. The molecule has 1 rings (SSSR count). The Bertz CT molecular complexity index is 469. The summed E-state index contributed by atoms with van der Waals surface area (Å²) < 4.78 is 4.77. The van der Waals surface area contributed by atoms with E-state index in [1.807, 2.05) is 37.3 Å². The second-order valence-electron chi connectivity index (χ2n) is 5.66. The van der Waals surface area contributed by atoms with E-state index < -0.39 is 11.6 Å². The number of Topliss-reactive ketones (excluding diaryl/α,β-unsaturated/α-hetero) is 1. The first kappa shape index (κ1) is 18.4. The molecule has 0 heterocycles. The van der Waals surface area contributed by atoms with Gasteiger partial charge < -0.3 is 9.84 Å². The molecular formula is C18H26O4. The van der Waals surface area contributed by atoms with Crippen LogP contribution in [-0.2, 0) is 20.7 Å². The van der Waals surface area contributed by atoms with Crippen molar-refractivity contribution in [3.63, 3.8) is 0 Å². The largest absolute Gasteiger partial charge is 0.466 e. The number of carbonyl (C=O) groups is 2. The number of aliphatic hydroxyl groups is 1. The van der Waals surface area contributed by atoms with Gasteiger partial charge in [0.05, 0.1) is 12.2 Å². The highest BCUT2D eigenvalue weighted by Gasteiger charge is 2.29. The minimum atomic E-state index is -1.05. The van der Waals surface area contributed by atoms with E-state index in [2.05, 4.69) is 0 Å². The molecule has 0 radical (unpaired) electrons. The van der Waals surface area contributed by atoms with E-state index in [9.17, 15) is 14.7 Å². The molecule has 0 aromatic heterocycles. The van der Waals surface area contributed by atoms with Crippen molar-refractivity contribution in [1.82, 2.24) is 0 Å². The molecule has 0 aliphatic carbocycles. The zero-order chi connectivity index (χ0) is 16.4. The van der Waals surface area contributed by atoms with Crippen molar-refractivity contribution in [2.75, 3.05) is 6.61 Å². The Morgan fingerprint density at radius 3 is 2.41 bits per heavy atom. The van der Waals surface area contributed by atoms with Crippen LogP contribution in [0.5, 0.6) is 0 Å². The number of hydrogen-bond acceptors (Lipinski definition) is 4. The van der Waals surface area contributed by atoms with Gasteiger partial charge in [0.15, 0.2) is 0 Å². The Labute approximate surface area is 132 Å². The lowest BCUT2D eigenvalue weighted by molar-refractivity contribution is -0.146. The summed E-state index contributed by atoms with van der Waals surface area (Å²) in [6.07, 6.45) is 2.31. The first-order chi connectivity index (χ1) is 10.5. The van der Waals surface area contributed by atoms with Crippen molar-refractivity contribution < 1.29 is 19.4 Å². The van der Waals surface area contributed by atoms with E-state index in [1.54, 1.807) is 6.92 Å². The smallest absolute Gasteiger partial charge is 0.313 e. The summed E-state index contributed by atoms with van der Waals surface area (Å²) in [5.41, 5.74) is 0.0867. The molecule has 0 fully saturated rings. The fourth-order valence-electron chi connectivity index (χ4n) is 2.59. The maximum absolute atomic E-state index is 12.0. The average Bonchev–Trinajstić information content (AvgIpc) is 2.46. The van der Waals surface area contributed by atoms with Gasteiger partial charge in [0.25, 0.3) is 0 Å². The molecule has 1 atom stereocenters. The van der Waals surface area contributed by atoms with E-state index in [0.29, 0.717) is 19.3 Å². The van der Waals surface area contributed by atoms with Crippen LogP contribution in [0.3, 0.4) is 0 Å². The lowest BCUT2D eigenvalue weighted by atomic mass is 9.85. The van der Waals surface area contributed by atoms with E-state index >= 15 is 0 Å². The van der Waals surface area contributed by atoms with Crippen LogP contribution >= 0.6 is 0 Å². The first-order valence-corrected chi connectivity index (χ1v) is 7.92. The van der Waals surface area contributed by atoms with Crippen LogP contribution in [0.2, 0.25) is 0 Å². The molecule has 0 amide bonds. The summed E-state index contributed by atoms with van der Waals surface area (Å²) in [4.78, 5) is 23.3. The minimum Gasteiger partial charge on any atom is -0.466 e. The van der Waals surface area contributed by atoms with Crippen LogP contribution in [0, 0.1) is 0 Å². The normalized spacial score (nSPS) is 13.4. The number of hydrogen-bond donors (Lipinski definition) is 1. The summed E-state index contributed by atoms with van der Waals surface area (Å²) in [6, 6.07) is 9.88. The van der Waals surface area contributed by atoms with Crippen LogP contribution in [-0.4, -0.2) is 29.1 Å². The molecule has 4 heteroatoms.